The highest BCUT2D eigenvalue weighted by Gasteiger charge is 2.27. The van der Waals surface area contributed by atoms with Crippen LogP contribution in [0.5, 0.6) is 11.5 Å². The summed E-state index contributed by atoms with van der Waals surface area (Å²) in [5, 5.41) is 16.4. The number of anilines is 1. The van der Waals surface area contributed by atoms with Crippen molar-refractivity contribution in [2.75, 3.05) is 17.7 Å². The lowest BCUT2D eigenvalue weighted by molar-refractivity contribution is -0.113. The van der Waals surface area contributed by atoms with E-state index in [1.54, 1.807) is 6.07 Å². The summed E-state index contributed by atoms with van der Waals surface area (Å²) in [6.45, 7) is 5.96. The second-order valence-corrected chi connectivity index (χ2v) is 9.08. The first kappa shape index (κ1) is 22.8. The Labute approximate surface area is 205 Å². The van der Waals surface area contributed by atoms with Crippen LogP contribution in [-0.2, 0) is 11.8 Å². The monoisotopic (exact) mass is 492 g/mol. The summed E-state index contributed by atoms with van der Waals surface area (Å²) in [4.78, 5) is 21.6. The summed E-state index contributed by atoms with van der Waals surface area (Å²) in [5.41, 5.74) is 2.38. The fourth-order valence-electron chi connectivity index (χ4n) is 3.73. The molecule has 1 atom stereocenters. The third-order valence-corrected chi connectivity index (χ3v) is 6.28. The van der Waals surface area contributed by atoms with Gasteiger partial charge in [-0.3, -0.25) is 4.79 Å². The number of hydrogen-bond donors (Lipinski definition) is 1. The van der Waals surface area contributed by atoms with Gasteiger partial charge in [0, 0.05) is 24.5 Å². The molecule has 3 aromatic heterocycles. The Balaban J connectivity index is 1.25. The first-order valence-corrected chi connectivity index (χ1v) is 12.0. The molecular formula is C23H24N8O3S. The SMILES string of the molecule is Cc1cc(C)nc(-n2nc(C)cc2NC(=O)CSc2nnc(C3COc4ccccc4O3)n2C)n1. The second kappa shape index (κ2) is 9.37. The van der Waals surface area contributed by atoms with E-state index in [0.29, 0.717) is 40.9 Å². The van der Waals surface area contributed by atoms with Gasteiger partial charge in [-0.25, -0.2) is 9.97 Å². The van der Waals surface area contributed by atoms with Crippen LogP contribution in [0.25, 0.3) is 5.95 Å². The molecule has 1 N–H and O–H groups in total. The molecule has 0 fully saturated rings. The molecule has 0 bridgehead atoms. The number of thioether (sulfide) groups is 1. The van der Waals surface area contributed by atoms with Crippen LogP contribution in [-0.4, -0.2) is 52.8 Å². The molecule has 12 heteroatoms. The number of aromatic nitrogens is 7. The van der Waals surface area contributed by atoms with E-state index in [9.17, 15) is 4.79 Å². The maximum absolute atomic E-state index is 12.8. The van der Waals surface area contributed by atoms with Gasteiger partial charge in [0.1, 0.15) is 12.4 Å². The van der Waals surface area contributed by atoms with E-state index in [2.05, 4.69) is 30.6 Å². The molecule has 180 valence electrons. The van der Waals surface area contributed by atoms with E-state index in [1.165, 1.54) is 16.4 Å². The van der Waals surface area contributed by atoms with Crippen LogP contribution in [0.1, 0.15) is 29.0 Å². The molecule has 4 aromatic rings. The van der Waals surface area contributed by atoms with Gasteiger partial charge in [-0.1, -0.05) is 23.9 Å². The van der Waals surface area contributed by atoms with Crippen molar-refractivity contribution in [1.29, 1.82) is 0 Å². The lowest BCUT2D eigenvalue weighted by Gasteiger charge is -2.25. The standard InChI is InChI=1S/C23H24N8O3S/c1-13-9-14(2)25-22(24-13)31-19(10-15(3)29-31)26-20(32)12-35-23-28-27-21(30(23)4)18-11-33-16-7-5-6-8-17(16)34-18/h5-10,18H,11-12H2,1-4H3,(H,26,32). The number of para-hydroxylation sites is 2. The van der Waals surface area contributed by atoms with Crippen LogP contribution in [0.15, 0.2) is 41.6 Å². The number of benzene rings is 1. The van der Waals surface area contributed by atoms with Crippen LogP contribution in [0.4, 0.5) is 5.82 Å². The molecule has 5 rings (SSSR count). The summed E-state index contributed by atoms with van der Waals surface area (Å²) in [6.07, 6.45) is -0.388. The van der Waals surface area contributed by atoms with E-state index in [0.717, 1.165) is 17.1 Å². The highest BCUT2D eigenvalue weighted by atomic mass is 32.2. The molecule has 35 heavy (non-hydrogen) atoms. The third-order valence-electron chi connectivity index (χ3n) is 5.26. The average molecular weight is 493 g/mol. The first-order valence-electron chi connectivity index (χ1n) is 11.0. The number of fused-ring (bicyclic) bond motifs is 1. The normalized spacial score (nSPS) is 14.7. The maximum atomic E-state index is 12.8. The largest absolute Gasteiger partial charge is 0.485 e. The number of amides is 1. The van der Waals surface area contributed by atoms with Gasteiger partial charge >= 0.3 is 0 Å². The number of rotatable bonds is 6. The number of nitrogens with zero attached hydrogens (tertiary/aromatic N) is 7. The van der Waals surface area contributed by atoms with Crippen LogP contribution < -0.4 is 14.8 Å². The fourth-order valence-corrected chi connectivity index (χ4v) is 4.45. The Bertz CT molecular complexity index is 1380. The molecule has 4 heterocycles. The van der Waals surface area contributed by atoms with Crippen molar-refractivity contribution in [3.05, 3.63) is 59.3 Å². The number of carbonyl (C=O) groups excluding carboxylic acids is 1. The van der Waals surface area contributed by atoms with Crippen molar-refractivity contribution in [2.24, 2.45) is 7.05 Å². The molecule has 0 radical (unpaired) electrons. The minimum Gasteiger partial charge on any atom is -0.485 e. The molecule has 0 saturated heterocycles. The predicted molar refractivity (Wildman–Crippen MR) is 129 cm³/mol. The van der Waals surface area contributed by atoms with E-state index < -0.39 is 0 Å². The fraction of sp³-hybridized carbons (Fsp3) is 0.304. The zero-order chi connectivity index (χ0) is 24.5. The lowest BCUT2D eigenvalue weighted by atomic mass is 10.2. The summed E-state index contributed by atoms with van der Waals surface area (Å²) < 4.78 is 15.2. The summed E-state index contributed by atoms with van der Waals surface area (Å²) >= 11 is 1.28. The molecule has 11 nitrogen and oxygen atoms in total. The minimum absolute atomic E-state index is 0.134. The van der Waals surface area contributed by atoms with Crippen molar-refractivity contribution in [2.45, 2.75) is 32.0 Å². The van der Waals surface area contributed by atoms with Gasteiger partial charge in [0.2, 0.25) is 5.91 Å². The van der Waals surface area contributed by atoms with Gasteiger partial charge in [0.05, 0.1) is 11.4 Å². The van der Waals surface area contributed by atoms with Gasteiger partial charge in [-0.15, -0.1) is 10.2 Å². The topological polar surface area (TPSA) is 122 Å². The van der Waals surface area contributed by atoms with E-state index in [4.69, 9.17) is 9.47 Å². The lowest BCUT2D eigenvalue weighted by Crippen LogP contribution is -2.24. The van der Waals surface area contributed by atoms with Gasteiger partial charge in [0.15, 0.2) is 28.6 Å². The summed E-state index contributed by atoms with van der Waals surface area (Å²) in [6, 6.07) is 11.2. The Morgan fingerprint density at radius 1 is 1.09 bits per heavy atom. The van der Waals surface area contributed by atoms with Crippen molar-refractivity contribution in [3.63, 3.8) is 0 Å². The van der Waals surface area contributed by atoms with Crippen LogP contribution in [0.3, 0.4) is 0 Å². The highest BCUT2D eigenvalue weighted by Crippen LogP contribution is 2.35. The van der Waals surface area contributed by atoms with Gasteiger partial charge in [-0.2, -0.15) is 9.78 Å². The molecule has 1 unspecified atom stereocenters. The molecule has 0 aliphatic carbocycles. The van der Waals surface area contributed by atoms with E-state index in [-0.39, 0.29) is 17.8 Å². The third kappa shape index (κ3) is 4.83. The van der Waals surface area contributed by atoms with Crippen LogP contribution >= 0.6 is 11.8 Å². The Kier molecular flexibility index (Phi) is 6.12. The van der Waals surface area contributed by atoms with Gasteiger partial charge in [0.25, 0.3) is 5.95 Å². The smallest absolute Gasteiger partial charge is 0.252 e. The Morgan fingerprint density at radius 3 is 2.60 bits per heavy atom. The molecule has 1 aromatic carbocycles. The van der Waals surface area contributed by atoms with E-state index >= 15 is 0 Å². The number of nitrogens with one attached hydrogen (secondary N) is 1. The molecule has 0 saturated carbocycles. The van der Waals surface area contributed by atoms with E-state index in [1.807, 2.05) is 62.7 Å². The zero-order valence-corrected chi connectivity index (χ0v) is 20.5. The van der Waals surface area contributed by atoms with Crippen molar-refractivity contribution in [1.82, 2.24) is 34.5 Å². The van der Waals surface area contributed by atoms with Crippen molar-refractivity contribution < 1.29 is 14.3 Å². The predicted octanol–water partition coefficient (Wildman–Crippen LogP) is 2.96. The van der Waals surface area contributed by atoms with Crippen molar-refractivity contribution >= 4 is 23.5 Å². The molecule has 1 aliphatic heterocycles. The first-order chi connectivity index (χ1) is 16.9. The molecular weight excluding hydrogens is 468 g/mol. The highest BCUT2D eigenvalue weighted by molar-refractivity contribution is 7.99. The van der Waals surface area contributed by atoms with Gasteiger partial charge in [-0.05, 0) is 39.0 Å². The molecule has 0 spiro atoms. The average Bonchev–Trinajstić information content (AvgIpc) is 3.38. The van der Waals surface area contributed by atoms with Crippen LogP contribution in [0.2, 0.25) is 0 Å². The summed E-state index contributed by atoms with van der Waals surface area (Å²) in [5.74, 6) is 2.84. The zero-order valence-electron chi connectivity index (χ0n) is 19.7. The summed E-state index contributed by atoms with van der Waals surface area (Å²) in [7, 11) is 1.84. The molecule has 1 amide bonds. The quantitative estimate of drug-likeness (QED) is 0.405. The van der Waals surface area contributed by atoms with Gasteiger partial charge < -0.3 is 19.4 Å². The Hall–Kier alpha value is -3.93. The number of hydrogen-bond acceptors (Lipinski definition) is 9. The number of aryl methyl sites for hydroxylation is 3. The Morgan fingerprint density at radius 2 is 1.83 bits per heavy atom. The minimum atomic E-state index is -0.388. The number of carbonyl (C=O) groups is 1. The maximum Gasteiger partial charge on any atom is 0.252 e. The molecule has 1 aliphatic rings. The van der Waals surface area contributed by atoms with Crippen LogP contribution in [0, 0.1) is 20.8 Å². The second-order valence-electron chi connectivity index (χ2n) is 8.13. The van der Waals surface area contributed by atoms with Crippen molar-refractivity contribution in [3.8, 4) is 17.4 Å². The number of ether oxygens (including phenoxy) is 2.